The second-order valence-electron chi connectivity index (χ2n) is 8.51. The summed E-state index contributed by atoms with van der Waals surface area (Å²) in [7, 11) is 0. The van der Waals surface area contributed by atoms with Gasteiger partial charge in [0.15, 0.2) is 0 Å². The molecule has 0 aliphatic carbocycles. The molecule has 0 radical (unpaired) electrons. The van der Waals surface area contributed by atoms with Crippen molar-refractivity contribution in [3.63, 3.8) is 0 Å². The number of halogens is 2. The molecule has 4 aromatic rings. The van der Waals surface area contributed by atoms with Gasteiger partial charge in [0.2, 0.25) is 5.91 Å². The fourth-order valence-corrected chi connectivity index (χ4v) is 5.28. The lowest BCUT2D eigenvalue weighted by atomic mass is 10.1. The molecule has 1 fully saturated rings. The van der Waals surface area contributed by atoms with Gasteiger partial charge in [-0.3, -0.25) is 19.3 Å². The number of nitrogens with zero attached hydrogens (tertiary/aromatic N) is 2. The van der Waals surface area contributed by atoms with Crippen LogP contribution in [0.1, 0.15) is 16.7 Å². The number of rotatable bonds is 7. The zero-order chi connectivity index (χ0) is 25.9. The van der Waals surface area contributed by atoms with E-state index in [9.17, 15) is 14.4 Å². The van der Waals surface area contributed by atoms with Crippen molar-refractivity contribution in [2.45, 2.75) is 19.6 Å². The third kappa shape index (κ3) is 5.59. The molecule has 1 aromatic heterocycles. The van der Waals surface area contributed by atoms with E-state index < -0.39 is 0 Å². The van der Waals surface area contributed by atoms with Crippen molar-refractivity contribution in [3.8, 4) is 0 Å². The van der Waals surface area contributed by atoms with Crippen molar-refractivity contribution < 1.29 is 14.4 Å². The number of carbonyl (C=O) groups is 3. The summed E-state index contributed by atoms with van der Waals surface area (Å²) in [6, 6.07) is 22.4. The number of thioether (sulfide) groups is 1. The fourth-order valence-electron chi connectivity index (χ4n) is 4.13. The molecule has 9 heteroatoms. The molecular weight excluding hydrogens is 529 g/mol. The van der Waals surface area contributed by atoms with Crippen LogP contribution < -0.4 is 5.32 Å². The summed E-state index contributed by atoms with van der Waals surface area (Å²) >= 11 is 13.0. The predicted molar refractivity (Wildman–Crippen MR) is 148 cm³/mol. The van der Waals surface area contributed by atoms with E-state index in [2.05, 4.69) is 5.32 Å². The van der Waals surface area contributed by atoms with Crippen molar-refractivity contribution in [1.82, 2.24) is 14.8 Å². The first-order valence-corrected chi connectivity index (χ1v) is 13.0. The molecule has 3 amide bonds. The Labute approximate surface area is 227 Å². The molecule has 186 valence electrons. The van der Waals surface area contributed by atoms with Crippen LogP contribution in [-0.2, 0) is 29.2 Å². The van der Waals surface area contributed by atoms with Gasteiger partial charge in [0.05, 0.1) is 21.5 Å². The van der Waals surface area contributed by atoms with Gasteiger partial charge in [-0.2, -0.15) is 0 Å². The van der Waals surface area contributed by atoms with Gasteiger partial charge in [-0.15, -0.1) is 0 Å². The monoisotopic (exact) mass is 549 g/mol. The lowest BCUT2D eigenvalue weighted by Crippen LogP contribution is -2.27. The number of imide groups is 1. The summed E-state index contributed by atoms with van der Waals surface area (Å²) in [6.45, 7) is 0.667. The summed E-state index contributed by atoms with van der Waals surface area (Å²) in [5, 5.41) is 4.24. The molecule has 1 aliphatic heterocycles. The molecule has 3 aromatic carbocycles. The van der Waals surface area contributed by atoms with E-state index in [1.165, 1.54) is 4.90 Å². The van der Waals surface area contributed by atoms with E-state index in [4.69, 9.17) is 23.2 Å². The Morgan fingerprint density at radius 3 is 2.46 bits per heavy atom. The Morgan fingerprint density at radius 1 is 0.919 bits per heavy atom. The number of fused-ring (bicyclic) bond motifs is 1. The minimum atomic E-state index is -0.376. The first kappa shape index (κ1) is 25.1. The summed E-state index contributed by atoms with van der Waals surface area (Å²) in [5.74, 6) is -0.503. The Hall–Kier alpha value is -3.52. The quantitative estimate of drug-likeness (QED) is 0.267. The van der Waals surface area contributed by atoms with E-state index in [0.717, 1.165) is 33.8 Å². The molecule has 1 saturated heterocycles. The number of carbonyl (C=O) groups excluding carboxylic acids is 3. The molecule has 6 nitrogen and oxygen atoms in total. The Balaban J connectivity index is 1.35. The van der Waals surface area contributed by atoms with Crippen LogP contribution >= 0.6 is 35.0 Å². The summed E-state index contributed by atoms with van der Waals surface area (Å²) in [5.41, 5.74) is 3.34. The number of amides is 3. The Morgan fingerprint density at radius 2 is 1.68 bits per heavy atom. The highest BCUT2D eigenvalue weighted by Crippen LogP contribution is 2.35. The van der Waals surface area contributed by atoms with Crippen LogP contribution in [0.3, 0.4) is 0 Å². The zero-order valence-electron chi connectivity index (χ0n) is 19.5. The Kier molecular flexibility index (Phi) is 7.37. The highest BCUT2D eigenvalue weighted by molar-refractivity contribution is 8.18. The minimum Gasteiger partial charge on any atom is -0.350 e. The standard InChI is InChI=1S/C28H21Cl2N3O3S/c29-22-11-10-19(12-23(22)30)15-33-27(35)25(37-28(33)36)13-20-16-32(24-9-5-4-8-21(20)24)17-26(34)31-14-18-6-2-1-3-7-18/h1-13,16H,14-15,17H2,(H,31,34)/b25-13-. The molecule has 37 heavy (non-hydrogen) atoms. The van der Waals surface area contributed by atoms with Gasteiger partial charge in [0, 0.05) is 29.2 Å². The molecule has 0 saturated carbocycles. The molecular formula is C28H21Cl2N3O3S. The number of nitrogens with one attached hydrogen (secondary N) is 1. The maximum atomic E-state index is 13.1. The molecule has 0 spiro atoms. The van der Waals surface area contributed by atoms with Gasteiger partial charge in [-0.1, -0.05) is 77.8 Å². The highest BCUT2D eigenvalue weighted by atomic mass is 35.5. The first-order chi connectivity index (χ1) is 17.9. The third-order valence-electron chi connectivity index (χ3n) is 5.95. The van der Waals surface area contributed by atoms with E-state index in [0.29, 0.717) is 27.1 Å². The third-order valence-corrected chi connectivity index (χ3v) is 7.60. The summed E-state index contributed by atoms with van der Waals surface area (Å²) in [4.78, 5) is 39.9. The average molecular weight is 550 g/mol. The highest BCUT2D eigenvalue weighted by Gasteiger charge is 2.35. The lowest BCUT2D eigenvalue weighted by Gasteiger charge is -2.12. The summed E-state index contributed by atoms with van der Waals surface area (Å²) in [6.07, 6.45) is 3.54. The molecule has 0 unspecified atom stereocenters. The van der Waals surface area contributed by atoms with Gasteiger partial charge in [-0.25, -0.2) is 0 Å². The van der Waals surface area contributed by atoms with Crippen LogP contribution in [0.15, 0.2) is 83.9 Å². The number of para-hydroxylation sites is 1. The molecule has 0 bridgehead atoms. The first-order valence-electron chi connectivity index (χ1n) is 11.5. The number of hydrogen-bond donors (Lipinski definition) is 1. The van der Waals surface area contributed by atoms with Crippen LogP contribution in [0, 0.1) is 0 Å². The van der Waals surface area contributed by atoms with Gasteiger partial charge in [0.25, 0.3) is 11.1 Å². The van der Waals surface area contributed by atoms with Crippen LogP contribution in [0.2, 0.25) is 10.0 Å². The van der Waals surface area contributed by atoms with Gasteiger partial charge in [-0.05, 0) is 47.2 Å². The predicted octanol–water partition coefficient (Wildman–Crippen LogP) is 6.50. The van der Waals surface area contributed by atoms with E-state index in [1.807, 2.05) is 65.4 Å². The van der Waals surface area contributed by atoms with Crippen molar-refractivity contribution >= 4 is 69.0 Å². The van der Waals surface area contributed by atoms with Crippen LogP contribution in [0.5, 0.6) is 0 Å². The fraction of sp³-hybridized carbons (Fsp3) is 0.107. The van der Waals surface area contributed by atoms with Crippen LogP contribution in [0.25, 0.3) is 17.0 Å². The zero-order valence-corrected chi connectivity index (χ0v) is 21.8. The largest absolute Gasteiger partial charge is 0.350 e. The molecule has 5 rings (SSSR count). The molecule has 1 aliphatic rings. The van der Waals surface area contributed by atoms with Crippen molar-refractivity contribution in [3.05, 3.63) is 111 Å². The smallest absolute Gasteiger partial charge is 0.293 e. The van der Waals surface area contributed by atoms with E-state index >= 15 is 0 Å². The van der Waals surface area contributed by atoms with Crippen molar-refractivity contribution in [2.75, 3.05) is 0 Å². The number of aromatic nitrogens is 1. The Bertz CT molecular complexity index is 1550. The minimum absolute atomic E-state index is 0.0994. The molecule has 2 heterocycles. The maximum Gasteiger partial charge on any atom is 0.293 e. The number of benzene rings is 3. The SMILES string of the molecule is O=C(Cn1cc(/C=C2\SC(=O)N(Cc3ccc(Cl)c(Cl)c3)C2=O)c2ccccc21)NCc1ccccc1. The van der Waals surface area contributed by atoms with Crippen molar-refractivity contribution in [2.24, 2.45) is 0 Å². The van der Waals surface area contributed by atoms with Gasteiger partial charge < -0.3 is 9.88 Å². The second kappa shape index (κ2) is 10.8. The van der Waals surface area contributed by atoms with E-state index in [1.54, 1.807) is 24.3 Å². The average Bonchev–Trinajstić information content (AvgIpc) is 3.37. The molecule has 0 atom stereocenters. The maximum absolute atomic E-state index is 13.1. The lowest BCUT2D eigenvalue weighted by molar-refractivity contribution is -0.123. The van der Waals surface area contributed by atoms with E-state index in [-0.39, 0.29) is 30.1 Å². The van der Waals surface area contributed by atoms with Crippen LogP contribution in [0.4, 0.5) is 4.79 Å². The second-order valence-corrected chi connectivity index (χ2v) is 10.3. The number of hydrogen-bond acceptors (Lipinski definition) is 4. The topological polar surface area (TPSA) is 71.4 Å². The van der Waals surface area contributed by atoms with Gasteiger partial charge in [0.1, 0.15) is 6.54 Å². The van der Waals surface area contributed by atoms with Crippen molar-refractivity contribution in [1.29, 1.82) is 0 Å². The molecule has 1 N–H and O–H groups in total. The van der Waals surface area contributed by atoms with Gasteiger partial charge >= 0.3 is 0 Å². The normalized spacial score (nSPS) is 14.6. The summed E-state index contributed by atoms with van der Waals surface area (Å²) < 4.78 is 1.85. The van der Waals surface area contributed by atoms with Crippen LogP contribution in [-0.4, -0.2) is 26.5 Å².